The fourth-order valence-electron chi connectivity index (χ4n) is 1.85. The number of halogens is 1. The van der Waals surface area contributed by atoms with Crippen molar-refractivity contribution in [2.45, 2.75) is 11.8 Å². The molecule has 0 spiro atoms. The van der Waals surface area contributed by atoms with Gasteiger partial charge in [0.2, 0.25) is 10.0 Å². The summed E-state index contributed by atoms with van der Waals surface area (Å²) in [5.41, 5.74) is 1.29. The van der Waals surface area contributed by atoms with Crippen molar-refractivity contribution in [3.63, 3.8) is 0 Å². The summed E-state index contributed by atoms with van der Waals surface area (Å²) in [6.45, 7) is 1.59. The number of primary sulfonamides is 1. The van der Waals surface area contributed by atoms with E-state index in [-0.39, 0.29) is 10.8 Å². The number of amides is 1. The summed E-state index contributed by atoms with van der Waals surface area (Å²) in [6.07, 6.45) is 0. The number of carbonyl (C=O) groups excluding carboxylic acids is 1. The Labute approximate surface area is 131 Å². The second-order valence-electron chi connectivity index (χ2n) is 4.43. The Morgan fingerprint density at radius 1 is 1.14 bits per heavy atom. The van der Waals surface area contributed by atoms with Crippen molar-refractivity contribution in [1.29, 1.82) is 0 Å². The molecule has 0 fully saturated rings. The quantitative estimate of drug-likeness (QED) is 0.872. The summed E-state index contributed by atoms with van der Waals surface area (Å²) in [5, 5.41) is 7.82. The molecule has 0 radical (unpaired) electrons. The number of anilines is 1. The van der Waals surface area contributed by atoms with Crippen LogP contribution in [0.4, 0.5) is 5.69 Å². The van der Waals surface area contributed by atoms with Gasteiger partial charge in [0.05, 0.1) is 4.90 Å². The third-order valence-corrected chi connectivity index (χ3v) is 4.53. The zero-order valence-electron chi connectivity index (χ0n) is 11.1. The number of sulfonamides is 1. The maximum atomic E-state index is 12.1. The van der Waals surface area contributed by atoms with Gasteiger partial charge in [-0.2, -0.15) is 0 Å². The average Bonchev–Trinajstić information content (AvgIpc) is 2.40. The molecular formula is C14H13BrN2O3S. The average molecular weight is 369 g/mol. The van der Waals surface area contributed by atoms with E-state index in [9.17, 15) is 13.2 Å². The number of carbonyl (C=O) groups is 1. The van der Waals surface area contributed by atoms with Crippen molar-refractivity contribution in [2.75, 3.05) is 5.32 Å². The molecule has 0 saturated heterocycles. The predicted octanol–water partition coefficient (Wildman–Crippen LogP) is 2.66. The number of hydrogen-bond donors (Lipinski definition) is 2. The van der Waals surface area contributed by atoms with E-state index in [0.717, 1.165) is 4.47 Å². The molecular weight excluding hydrogens is 356 g/mol. The molecule has 2 rings (SSSR count). The first-order chi connectivity index (χ1) is 9.79. The van der Waals surface area contributed by atoms with Crippen LogP contribution < -0.4 is 10.5 Å². The van der Waals surface area contributed by atoms with Crippen molar-refractivity contribution in [1.82, 2.24) is 0 Å². The van der Waals surface area contributed by atoms with Crippen LogP contribution in [0.25, 0.3) is 0 Å². The normalized spacial score (nSPS) is 11.2. The number of nitrogens with one attached hydrogen (secondary N) is 1. The molecule has 0 heterocycles. The maximum absolute atomic E-state index is 12.1. The van der Waals surface area contributed by atoms with Crippen molar-refractivity contribution < 1.29 is 13.2 Å². The lowest BCUT2D eigenvalue weighted by molar-refractivity contribution is 0.102. The highest BCUT2D eigenvalue weighted by Crippen LogP contribution is 2.22. The summed E-state index contributed by atoms with van der Waals surface area (Å²) in [7, 11) is -3.82. The monoisotopic (exact) mass is 368 g/mol. The first kappa shape index (κ1) is 15.7. The molecule has 7 heteroatoms. The van der Waals surface area contributed by atoms with Gasteiger partial charge in [0.1, 0.15) is 0 Å². The highest BCUT2D eigenvalue weighted by molar-refractivity contribution is 9.10. The van der Waals surface area contributed by atoms with Crippen molar-refractivity contribution in [3.8, 4) is 0 Å². The smallest absolute Gasteiger partial charge is 0.255 e. The van der Waals surface area contributed by atoms with Crippen LogP contribution in [0.3, 0.4) is 0 Å². The Morgan fingerprint density at radius 2 is 1.76 bits per heavy atom. The number of benzene rings is 2. The van der Waals surface area contributed by atoms with E-state index in [1.165, 1.54) is 12.1 Å². The molecule has 0 aliphatic carbocycles. The van der Waals surface area contributed by atoms with Crippen LogP contribution in [0, 0.1) is 6.92 Å². The fraction of sp³-hybridized carbons (Fsp3) is 0.0714. The minimum Gasteiger partial charge on any atom is -0.322 e. The van der Waals surface area contributed by atoms with E-state index in [1.807, 2.05) is 0 Å². The zero-order valence-corrected chi connectivity index (χ0v) is 13.5. The molecule has 0 aliphatic heterocycles. The summed E-state index contributed by atoms with van der Waals surface area (Å²) < 4.78 is 23.8. The lowest BCUT2D eigenvalue weighted by Crippen LogP contribution is -2.17. The molecule has 0 atom stereocenters. The molecule has 0 bridgehead atoms. The van der Waals surface area contributed by atoms with Crippen molar-refractivity contribution in [3.05, 3.63) is 58.1 Å². The second-order valence-corrected chi connectivity index (χ2v) is 6.88. The molecule has 1 amide bonds. The van der Waals surface area contributed by atoms with E-state index in [1.54, 1.807) is 37.3 Å². The third-order valence-electron chi connectivity index (χ3n) is 2.95. The maximum Gasteiger partial charge on any atom is 0.255 e. The number of hydrogen-bond acceptors (Lipinski definition) is 3. The lowest BCUT2D eigenvalue weighted by Gasteiger charge is -2.11. The van der Waals surface area contributed by atoms with Gasteiger partial charge in [-0.05, 0) is 48.9 Å². The highest BCUT2D eigenvalue weighted by atomic mass is 79.9. The molecule has 2 aromatic carbocycles. The van der Waals surface area contributed by atoms with Gasteiger partial charge in [0, 0.05) is 15.7 Å². The largest absolute Gasteiger partial charge is 0.322 e. The summed E-state index contributed by atoms with van der Waals surface area (Å²) >= 11 is 3.29. The van der Waals surface area contributed by atoms with Gasteiger partial charge in [0.15, 0.2) is 0 Å². The number of rotatable bonds is 3. The number of nitrogens with two attached hydrogens (primary N) is 1. The van der Waals surface area contributed by atoms with Crippen LogP contribution in [0.5, 0.6) is 0 Å². The van der Waals surface area contributed by atoms with Crippen LogP contribution in [0.1, 0.15) is 15.9 Å². The highest BCUT2D eigenvalue weighted by Gasteiger charge is 2.15. The third kappa shape index (κ3) is 3.69. The summed E-state index contributed by atoms with van der Waals surface area (Å²) in [4.78, 5) is 12.1. The fourth-order valence-corrected chi connectivity index (χ4v) is 2.92. The minimum atomic E-state index is -3.82. The first-order valence-corrected chi connectivity index (χ1v) is 8.32. The Balaban J connectivity index is 2.32. The Kier molecular flexibility index (Phi) is 4.46. The van der Waals surface area contributed by atoms with Gasteiger partial charge in [-0.3, -0.25) is 4.79 Å². The molecule has 0 saturated carbocycles. The molecule has 5 nitrogen and oxygen atoms in total. The van der Waals surface area contributed by atoms with E-state index in [0.29, 0.717) is 16.8 Å². The van der Waals surface area contributed by atoms with E-state index >= 15 is 0 Å². The van der Waals surface area contributed by atoms with Crippen molar-refractivity contribution >= 4 is 37.5 Å². The van der Waals surface area contributed by atoms with Gasteiger partial charge in [0.25, 0.3) is 5.91 Å². The Morgan fingerprint density at radius 3 is 2.33 bits per heavy atom. The predicted molar refractivity (Wildman–Crippen MR) is 84.6 cm³/mol. The molecule has 21 heavy (non-hydrogen) atoms. The van der Waals surface area contributed by atoms with E-state index < -0.39 is 10.0 Å². The summed E-state index contributed by atoms with van der Waals surface area (Å²) in [6, 6.07) is 11.4. The molecule has 3 N–H and O–H groups in total. The van der Waals surface area contributed by atoms with E-state index in [4.69, 9.17) is 5.14 Å². The van der Waals surface area contributed by atoms with Gasteiger partial charge >= 0.3 is 0 Å². The Hall–Kier alpha value is -1.70. The van der Waals surface area contributed by atoms with Crippen molar-refractivity contribution in [2.24, 2.45) is 5.14 Å². The molecule has 2 aromatic rings. The van der Waals surface area contributed by atoms with E-state index in [2.05, 4.69) is 21.2 Å². The second kappa shape index (κ2) is 5.97. The van der Waals surface area contributed by atoms with Crippen LogP contribution in [0.2, 0.25) is 0 Å². The summed E-state index contributed by atoms with van der Waals surface area (Å²) in [5.74, 6) is -0.322. The van der Waals surface area contributed by atoms with Gasteiger partial charge in [-0.25, -0.2) is 13.6 Å². The van der Waals surface area contributed by atoms with Crippen LogP contribution in [-0.2, 0) is 10.0 Å². The topological polar surface area (TPSA) is 89.3 Å². The van der Waals surface area contributed by atoms with Gasteiger partial charge in [-0.1, -0.05) is 22.0 Å². The SMILES string of the molecule is Cc1c(NC(=O)c2ccc(Br)cc2)cccc1S(N)(=O)=O. The minimum absolute atomic E-state index is 0.00361. The van der Waals surface area contributed by atoms with Crippen LogP contribution in [0.15, 0.2) is 51.8 Å². The zero-order chi connectivity index (χ0) is 15.6. The molecule has 0 aliphatic rings. The Bertz CT molecular complexity index is 786. The van der Waals surface area contributed by atoms with Gasteiger partial charge in [-0.15, -0.1) is 0 Å². The first-order valence-electron chi connectivity index (χ1n) is 5.98. The van der Waals surface area contributed by atoms with Crippen LogP contribution in [-0.4, -0.2) is 14.3 Å². The van der Waals surface area contributed by atoms with Gasteiger partial charge < -0.3 is 5.32 Å². The molecule has 110 valence electrons. The van der Waals surface area contributed by atoms with Crippen LogP contribution >= 0.6 is 15.9 Å². The molecule has 0 unspecified atom stereocenters. The molecule has 0 aromatic heterocycles. The lowest BCUT2D eigenvalue weighted by atomic mass is 10.1. The standard InChI is InChI=1S/C14H13BrN2O3S/c1-9-12(3-2-4-13(9)21(16,19)20)17-14(18)10-5-7-11(15)8-6-10/h2-8H,1H3,(H,17,18)(H2,16,19,20).